The molecule has 0 saturated heterocycles. The van der Waals surface area contributed by atoms with Gasteiger partial charge in [0.1, 0.15) is 11.5 Å². The van der Waals surface area contributed by atoms with Crippen LogP contribution in [0.15, 0.2) is 12.1 Å². The Morgan fingerprint density at radius 2 is 1.87 bits per heavy atom. The highest BCUT2D eigenvalue weighted by atomic mass is 16.5. The van der Waals surface area contributed by atoms with Crippen molar-refractivity contribution in [3.05, 3.63) is 23.3 Å². The third-order valence-electron chi connectivity index (χ3n) is 2.93. The van der Waals surface area contributed by atoms with Gasteiger partial charge in [-0.2, -0.15) is 0 Å². The van der Waals surface area contributed by atoms with Crippen molar-refractivity contribution in [1.82, 2.24) is 0 Å². The Morgan fingerprint density at radius 3 is 2.33 bits per heavy atom. The summed E-state index contributed by atoms with van der Waals surface area (Å²) in [6.45, 7) is 1.97. The lowest BCUT2D eigenvalue weighted by Gasteiger charge is -2.18. The van der Waals surface area contributed by atoms with E-state index in [0.29, 0.717) is 5.75 Å². The molecule has 1 aliphatic carbocycles. The molecule has 0 atom stereocenters. The Hall–Kier alpha value is -1.22. The number of hydrogen-bond donors (Lipinski definition) is 1. The van der Waals surface area contributed by atoms with E-state index in [0.717, 1.165) is 29.7 Å². The van der Waals surface area contributed by atoms with Crippen molar-refractivity contribution >= 4 is 0 Å². The third kappa shape index (κ3) is 1.57. The number of ether oxygens (including phenoxy) is 2. The Morgan fingerprint density at radius 1 is 1.20 bits per heavy atom. The van der Waals surface area contributed by atoms with Crippen molar-refractivity contribution < 1.29 is 14.6 Å². The average Bonchev–Trinajstić information content (AvgIpc) is 2.97. The van der Waals surface area contributed by atoms with E-state index in [1.54, 1.807) is 14.2 Å². The highest BCUT2D eigenvalue weighted by Gasteiger charge is 2.46. The maximum atomic E-state index is 10.2. The first kappa shape index (κ1) is 10.3. The van der Waals surface area contributed by atoms with Gasteiger partial charge in [-0.25, -0.2) is 0 Å². The Labute approximate surface area is 89.6 Å². The summed E-state index contributed by atoms with van der Waals surface area (Å²) >= 11 is 0. The van der Waals surface area contributed by atoms with Gasteiger partial charge < -0.3 is 14.6 Å². The quantitative estimate of drug-likeness (QED) is 0.825. The molecule has 0 aliphatic heterocycles. The number of hydrogen-bond acceptors (Lipinski definition) is 3. The molecular formula is C12H16O3. The highest BCUT2D eigenvalue weighted by Crippen LogP contribution is 2.53. The molecule has 0 radical (unpaired) electrons. The van der Waals surface area contributed by atoms with Crippen LogP contribution in [-0.4, -0.2) is 19.3 Å². The molecule has 15 heavy (non-hydrogen) atoms. The Bertz CT molecular complexity index is 381. The molecule has 1 saturated carbocycles. The van der Waals surface area contributed by atoms with Crippen LogP contribution in [0, 0.1) is 6.92 Å². The van der Waals surface area contributed by atoms with Crippen LogP contribution in [0.25, 0.3) is 0 Å². The van der Waals surface area contributed by atoms with Gasteiger partial charge in [-0.1, -0.05) is 6.07 Å². The van der Waals surface area contributed by atoms with Crippen LogP contribution in [-0.2, 0) is 5.60 Å². The lowest BCUT2D eigenvalue weighted by atomic mass is 10.0. The summed E-state index contributed by atoms with van der Waals surface area (Å²) in [7, 11) is 3.23. The Balaban J connectivity index is 2.60. The summed E-state index contributed by atoms with van der Waals surface area (Å²) in [5, 5.41) is 10.2. The summed E-state index contributed by atoms with van der Waals surface area (Å²) in [6.07, 6.45) is 1.56. The predicted molar refractivity (Wildman–Crippen MR) is 57.4 cm³/mol. The molecule has 1 N–H and O–H groups in total. The van der Waals surface area contributed by atoms with Crippen molar-refractivity contribution in [3.63, 3.8) is 0 Å². The average molecular weight is 208 g/mol. The second-order valence-corrected chi connectivity index (χ2v) is 4.02. The molecule has 0 aromatic heterocycles. The fraction of sp³-hybridized carbons (Fsp3) is 0.500. The van der Waals surface area contributed by atoms with E-state index in [2.05, 4.69) is 0 Å². The van der Waals surface area contributed by atoms with Gasteiger partial charge in [0, 0.05) is 0 Å². The monoisotopic (exact) mass is 208 g/mol. The molecule has 0 heterocycles. The third-order valence-corrected chi connectivity index (χ3v) is 2.93. The zero-order valence-corrected chi connectivity index (χ0v) is 9.33. The summed E-state index contributed by atoms with van der Waals surface area (Å²) < 4.78 is 10.6. The fourth-order valence-electron chi connectivity index (χ4n) is 1.91. The van der Waals surface area contributed by atoms with E-state index in [4.69, 9.17) is 9.47 Å². The highest BCUT2D eigenvalue weighted by molar-refractivity contribution is 5.54. The molecule has 3 heteroatoms. The molecule has 0 bridgehead atoms. The van der Waals surface area contributed by atoms with E-state index < -0.39 is 5.60 Å². The number of rotatable bonds is 3. The lowest BCUT2D eigenvalue weighted by Crippen LogP contribution is -2.10. The minimum Gasteiger partial charge on any atom is -0.496 e. The molecule has 1 fully saturated rings. The molecule has 82 valence electrons. The zero-order chi connectivity index (χ0) is 11.1. The number of aryl methyl sites for hydroxylation is 1. The lowest BCUT2D eigenvalue weighted by molar-refractivity contribution is 0.143. The Kier molecular flexibility index (Phi) is 2.35. The topological polar surface area (TPSA) is 38.7 Å². The van der Waals surface area contributed by atoms with Gasteiger partial charge >= 0.3 is 0 Å². The van der Waals surface area contributed by atoms with E-state index in [1.165, 1.54) is 0 Å². The molecule has 0 unspecified atom stereocenters. The first-order chi connectivity index (χ1) is 7.12. The predicted octanol–water partition coefficient (Wildman–Crippen LogP) is 1.99. The molecule has 1 aromatic rings. The minimum atomic E-state index is -0.733. The molecule has 1 aliphatic rings. The zero-order valence-electron chi connectivity index (χ0n) is 9.33. The normalized spacial score (nSPS) is 17.3. The molecule has 0 amide bonds. The number of aliphatic hydroxyl groups is 1. The van der Waals surface area contributed by atoms with E-state index in [-0.39, 0.29) is 0 Å². The van der Waals surface area contributed by atoms with E-state index in [1.807, 2.05) is 19.1 Å². The maximum absolute atomic E-state index is 10.2. The molecule has 0 spiro atoms. The van der Waals surface area contributed by atoms with E-state index >= 15 is 0 Å². The second-order valence-electron chi connectivity index (χ2n) is 4.02. The summed E-state index contributed by atoms with van der Waals surface area (Å²) in [5.74, 6) is 1.45. The second kappa shape index (κ2) is 3.42. The van der Waals surface area contributed by atoms with E-state index in [9.17, 15) is 5.11 Å². The van der Waals surface area contributed by atoms with Gasteiger partial charge in [0.15, 0.2) is 0 Å². The van der Waals surface area contributed by atoms with Gasteiger partial charge in [0.05, 0.1) is 25.4 Å². The van der Waals surface area contributed by atoms with Crippen LogP contribution >= 0.6 is 0 Å². The van der Waals surface area contributed by atoms with Gasteiger partial charge in [0.25, 0.3) is 0 Å². The molecule has 1 aromatic carbocycles. The largest absolute Gasteiger partial charge is 0.496 e. The summed E-state index contributed by atoms with van der Waals surface area (Å²) in [6, 6.07) is 3.82. The summed E-state index contributed by atoms with van der Waals surface area (Å²) in [4.78, 5) is 0. The first-order valence-corrected chi connectivity index (χ1v) is 5.07. The van der Waals surface area contributed by atoms with Crippen LogP contribution in [0.4, 0.5) is 0 Å². The van der Waals surface area contributed by atoms with Crippen molar-refractivity contribution in [3.8, 4) is 11.5 Å². The first-order valence-electron chi connectivity index (χ1n) is 5.07. The fourth-order valence-corrected chi connectivity index (χ4v) is 1.91. The molecule has 3 nitrogen and oxygen atoms in total. The van der Waals surface area contributed by atoms with Crippen molar-refractivity contribution in [2.75, 3.05) is 14.2 Å². The van der Waals surface area contributed by atoms with Crippen LogP contribution < -0.4 is 9.47 Å². The molecule has 2 rings (SSSR count). The van der Waals surface area contributed by atoms with Crippen molar-refractivity contribution in [2.45, 2.75) is 25.4 Å². The van der Waals surface area contributed by atoms with Crippen LogP contribution in [0.5, 0.6) is 11.5 Å². The van der Waals surface area contributed by atoms with Crippen molar-refractivity contribution in [2.24, 2.45) is 0 Å². The maximum Gasteiger partial charge on any atom is 0.131 e. The smallest absolute Gasteiger partial charge is 0.131 e. The molecular weight excluding hydrogens is 192 g/mol. The number of benzene rings is 1. The van der Waals surface area contributed by atoms with Crippen LogP contribution in [0.2, 0.25) is 0 Å². The SMILES string of the molecule is COc1ccc(C)c(OC)c1C1(O)CC1. The minimum absolute atomic E-state index is 0.706. The standard InChI is InChI=1S/C12H16O3/c1-8-4-5-9(14-2)10(11(8)15-3)12(13)6-7-12/h4-5,13H,6-7H2,1-3H3. The van der Waals surface area contributed by atoms with Crippen molar-refractivity contribution in [1.29, 1.82) is 0 Å². The van der Waals surface area contributed by atoms with Gasteiger partial charge in [-0.05, 0) is 31.4 Å². The summed E-state index contributed by atoms with van der Waals surface area (Å²) in [5.41, 5.74) is 1.09. The van der Waals surface area contributed by atoms with Crippen LogP contribution in [0.1, 0.15) is 24.0 Å². The number of methoxy groups -OCH3 is 2. The van der Waals surface area contributed by atoms with Crippen LogP contribution in [0.3, 0.4) is 0 Å². The van der Waals surface area contributed by atoms with Gasteiger partial charge in [-0.3, -0.25) is 0 Å². The van der Waals surface area contributed by atoms with Gasteiger partial charge in [-0.15, -0.1) is 0 Å². The van der Waals surface area contributed by atoms with Gasteiger partial charge in [0.2, 0.25) is 0 Å².